The molecule has 0 saturated carbocycles. The van der Waals surface area contributed by atoms with Crippen molar-refractivity contribution < 1.29 is 4.79 Å². The highest BCUT2D eigenvalue weighted by molar-refractivity contribution is 9.10. The van der Waals surface area contributed by atoms with Gasteiger partial charge in [-0.15, -0.1) is 0 Å². The van der Waals surface area contributed by atoms with E-state index >= 15 is 0 Å². The third-order valence-electron chi connectivity index (χ3n) is 2.60. The summed E-state index contributed by atoms with van der Waals surface area (Å²) >= 11 is 4.93. The van der Waals surface area contributed by atoms with Crippen LogP contribution in [0.1, 0.15) is 13.8 Å². The van der Waals surface area contributed by atoms with Crippen LogP contribution in [-0.4, -0.2) is 16.9 Å². The van der Waals surface area contributed by atoms with Crippen LogP contribution in [0.2, 0.25) is 0 Å². The quantitative estimate of drug-likeness (QED) is 0.907. The van der Waals surface area contributed by atoms with Crippen molar-refractivity contribution in [2.75, 3.05) is 5.32 Å². The van der Waals surface area contributed by atoms with Crippen molar-refractivity contribution in [1.29, 1.82) is 0 Å². The van der Waals surface area contributed by atoms with E-state index in [4.69, 9.17) is 5.73 Å². The molecule has 2 rings (SSSR count). The lowest BCUT2D eigenvalue weighted by Gasteiger charge is -2.17. The number of nitrogens with two attached hydrogens (primary N) is 1. The number of anilines is 1. The molecule has 0 aliphatic carbocycles. The number of hydrogen-bond acceptors (Lipinski definition) is 4. The van der Waals surface area contributed by atoms with Crippen molar-refractivity contribution in [3.05, 3.63) is 22.7 Å². The van der Waals surface area contributed by atoms with E-state index in [1.807, 2.05) is 32.0 Å². The van der Waals surface area contributed by atoms with Crippen LogP contribution in [0.3, 0.4) is 0 Å². The van der Waals surface area contributed by atoms with Crippen molar-refractivity contribution in [3.63, 3.8) is 0 Å². The van der Waals surface area contributed by atoms with E-state index < -0.39 is 6.04 Å². The van der Waals surface area contributed by atoms with Crippen molar-refractivity contribution in [2.45, 2.75) is 19.9 Å². The lowest BCUT2D eigenvalue weighted by Crippen LogP contribution is -2.39. The monoisotopic (exact) mass is 327 g/mol. The van der Waals surface area contributed by atoms with Crippen LogP contribution in [-0.2, 0) is 4.79 Å². The Balaban J connectivity index is 2.28. The second kappa shape index (κ2) is 5.24. The molecule has 18 heavy (non-hydrogen) atoms. The molecule has 4 nitrogen and oxygen atoms in total. The molecule has 2 aromatic rings. The van der Waals surface area contributed by atoms with Crippen LogP contribution in [0, 0.1) is 5.92 Å². The average Bonchev–Trinajstić information content (AvgIpc) is 2.66. The van der Waals surface area contributed by atoms with Crippen LogP contribution in [0.15, 0.2) is 22.7 Å². The van der Waals surface area contributed by atoms with Gasteiger partial charge in [0.25, 0.3) is 0 Å². The lowest BCUT2D eigenvalue weighted by atomic mass is 10.0. The Morgan fingerprint density at radius 1 is 1.50 bits per heavy atom. The molecule has 0 spiro atoms. The number of amides is 1. The fourth-order valence-corrected chi connectivity index (χ4v) is 2.89. The summed E-state index contributed by atoms with van der Waals surface area (Å²) in [6, 6.07) is 5.52. The lowest BCUT2D eigenvalue weighted by molar-refractivity contribution is -0.119. The van der Waals surface area contributed by atoms with E-state index in [1.54, 1.807) is 0 Å². The van der Waals surface area contributed by atoms with Crippen molar-refractivity contribution in [3.8, 4) is 0 Å². The minimum Gasteiger partial charge on any atom is -0.368 e. The predicted molar refractivity (Wildman–Crippen MR) is 78.8 cm³/mol. The van der Waals surface area contributed by atoms with Gasteiger partial charge in [-0.3, -0.25) is 4.79 Å². The zero-order valence-electron chi connectivity index (χ0n) is 10.1. The summed E-state index contributed by atoms with van der Waals surface area (Å²) in [5.74, 6) is -0.230. The molecule has 1 aromatic carbocycles. The number of carbonyl (C=O) groups excluding carboxylic acids is 1. The molecule has 6 heteroatoms. The van der Waals surface area contributed by atoms with Gasteiger partial charge in [0.1, 0.15) is 6.04 Å². The van der Waals surface area contributed by atoms with Gasteiger partial charge < -0.3 is 11.1 Å². The number of nitrogens with zero attached hydrogens (tertiary/aromatic N) is 1. The third-order valence-corrected chi connectivity index (χ3v) is 4.06. The van der Waals surface area contributed by atoms with Crippen molar-refractivity contribution in [1.82, 2.24) is 4.98 Å². The number of carbonyl (C=O) groups is 1. The molecule has 0 aliphatic rings. The fraction of sp³-hybridized carbons (Fsp3) is 0.333. The zero-order chi connectivity index (χ0) is 13.3. The molecule has 1 aromatic heterocycles. The Bertz CT molecular complexity index is 582. The van der Waals surface area contributed by atoms with Gasteiger partial charge in [0.05, 0.1) is 10.2 Å². The van der Waals surface area contributed by atoms with Gasteiger partial charge in [-0.2, -0.15) is 0 Å². The number of rotatable bonds is 4. The molecular formula is C12H14BrN3OS. The first-order valence-electron chi connectivity index (χ1n) is 5.59. The van der Waals surface area contributed by atoms with Crippen LogP contribution in [0.4, 0.5) is 5.13 Å². The van der Waals surface area contributed by atoms with Crippen molar-refractivity contribution >= 4 is 48.5 Å². The van der Waals surface area contributed by atoms with Crippen LogP contribution in [0.25, 0.3) is 10.2 Å². The molecule has 1 heterocycles. The average molecular weight is 328 g/mol. The Labute approximate surface area is 118 Å². The van der Waals surface area contributed by atoms with E-state index in [0.29, 0.717) is 0 Å². The van der Waals surface area contributed by atoms with Gasteiger partial charge in [-0.25, -0.2) is 4.98 Å². The maximum absolute atomic E-state index is 11.3. The number of hydrogen-bond donors (Lipinski definition) is 2. The minimum atomic E-state index is -0.394. The third kappa shape index (κ3) is 2.81. The summed E-state index contributed by atoms with van der Waals surface area (Å²) in [5, 5.41) is 3.83. The second-order valence-electron chi connectivity index (χ2n) is 4.40. The zero-order valence-corrected chi connectivity index (χ0v) is 12.5. The van der Waals surface area contributed by atoms with Gasteiger partial charge in [-0.1, -0.05) is 41.1 Å². The van der Waals surface area contributed by atoms with Gasteiger partial charge in [0.2, 0.25) is 5.91 Å². The van der Waals surface area contributed by atoms with Crippen LogP contribution < -0.4 is 11.1 Å². The van der Waals surface area contributed by atoms with E-state index in [0.717, 1.165) is 19.8 Å². The maximum Gasteiger partial charge on any atom is 0.240 e. The fourth-order valence-electron chi connectivity index (χ4n) is 1.66. The molecule has 0 saturated heterocycles. The molecule has 1 atom stereocenters. The smallest absolute Gasteiger partial charge is 0.240 e. The first-order chi connectivity index (χ1) is 8.47. The number of thiazole rings is 1. The number of benzene rings is 1. The predicted octanol–water partition coefficient (Wildman–Crippen LogP) is 2.98. The molecule has 1 unspecified atom stereocenters. The standard InChI is InChI=1S/C12H14BrN3OS/c1-6(2)10(11(14)17)16-12-15-8-5-7(13)3-4-9(8)18-12/h3-6,10H,1-2H3,(H2,14,17)(H,15,16). The first-order valence-corrected chi connectivity index (χ1v) is 7.20. The van der Waals surface area contributed by atoms with Crippen molar-refractivity contribution in [2.24, 2.45) is 11.7 Å². The number of aromatic nitrogens is 1. The first kappa shape index (κ1) is 13.3. The summed E-state index contributed by atoms with van der Waals surface area (Å²) in [4.78, 5) is 15.8. The number of nitrogens with one attached hydrogen (secondary N) is 1. The molecule has 0 bridgehead atoms. The molecule has 0 radical (unpaired) electrons. The number of fused-ring (bicyclic) bond motifs is 1. The highest BCUT2D eigenvalue weighted by Gasteiger charge is 2.20. The van der Waals surface area contributed by atoms with Crippen LogP contribution >= 0.6 is 27.3 Å². The highest BCUT2D eigenvalue weighted by Crippen LogP contribution is 2.29. The molecule has 0 fully saturated rings. The normalized spacial score (nSPS) is 12.9. The summed E-state index contributed by atoms with van der Waals surface area (Å²) in [7, 11) is 0. The van der Waals surface area contributed by atoms with E-state index in [-0.39, 0.29) is 11.8 Å². The van der Waals surface area contributed by atoms with E-state index in [9.17, 15) is 4.79 Å². The summed E-state index contributed by atoms with van der Waals surface area (Å²) in [5.41, 5.74) is 6.28. The van der Waals surface area contributed by atoms with Gasteiger partial charge in [0.15, 0.2) is 5.13 Å². The molecule has 3 N–H and O–H groups in total. The number of primary amides is 1. The summed E-state index contributed by atoms with van der Waals surface area (Å²) in [6.07, 6.45) is 0. The van der Waals surface area contributed by atoms with E-state index in [2.05, 4.69) is 26.2 Å². The minimum absolute atomic E-state index is 0.126. The Morgan fingerprint density at radius 3 is 2.83 bits per heavy atom. The maximum atomic E-state index is 11.3. The van der Waals surface area contributed by atoms with Gasteiger partial charge in [-0.05, 0) is 24.1 Å². The highest BCUT2D eigenvalue weighted by atomic mass is 79.9. The largest absolute Gasteiger partial charge is 0.368 e. The molecular weight excluding hydrogens is 314 g/mol. The molecule has 96 valence electrons. The summed E-state index contributed by atoms with van der Waals surface area (Å²) in [6.45, 7) is 3.90. The Kier molecular flexibility index (Phi) is 3.87. The van der Waals surface area contributed by atoms with Gasteiger partial charge in [0, 0.05) is 4.47 Å². The van der Waals surface area contributed by atoms with E-state index in [1.165, 1.54) is 11.3 Å². The summed E-state index contributed by atoms with van der Waals surface area (Å²) < 4.78 is 2.06. The Hall–Kier alpha value is -1.14. The topological polar surface area (TPSA) is 68.0 Å². The van der Waals surface area contributed by atoms with Gasteiger partial charge >= 0.3 is 0 Å². The Morgan fingerprint density at radius 2 is 2.22 bits per heavy atom. The number of halogens is 1. The molecule has 0 aliphatic heterocycles. The SMILES string of the molecule is CC(C)C(Nc1nc2cc(Br)ccc2s1)C(N)=O. The van der Waals surface area contributed by atoms with Crippen LogP contribution in [0.5, 0.6) is 0 Å². The second-order valence-corrected chi connectivity index (χ2v) is 6.35. The molecule has 1 amide bonds.